The van der Waals surface area contributed by atoms with Gasteiger partial charge in [-0.3, -0.25) is 0 Å². The van der Waals surface area contributed by atoms with Gasteiger partial charge in [-0.05, 0) is 29.3 Å². The Balaban J connectivity index is 2.13. The van der Waals surface area contributed by atoms with E-state index in [1.54, 1.807) is 18.2 Å². The van der Waals surface area contributed by atoms with Gasteiger partial charge in [-0.15, -0.1) is 0 Å². The Morgan fingerprint density at radius 2 is 1.96 bits per heavy atom. The average molecular weight is 361 g/mol. The highest BCUT2D eigenvalue weighted by molar-refractivity contribution is 6.32. The molecule has 0 fully saturated rings. The molecule has 0 bridgehead atoms. The van der Waals surface area contributed by atoms with Crippen LogP contribution in [0.4, 0.5) is 4.79 Å². The van der Waals surface area contributed by atoms with Crippen molar-refractivity contribution in [1.29, 1.82) is 0 Å². The molecule has 0 radical (unpaired) electrons. The number of carbonyl (C=O) groups is 2. The monoisotopic (exact) mass is 360 g/mol. The summed E-state index contributed by atoms with van der Waals surface area (Å²) in [6, 6.07) is 11.8. The standard InChI is InChI=1S/C18H17ClN2O4/c1-24-15-10-13(11-21-18(20)23)9-14(19)17(15)25-16(22)8-7-12-5-3-2-4-6-12/h2-10H,11H2,1H3,(H3,20,21,23). The molecule has 25 heavy (non-hydrogen) atoms. The zero-order valence-corrected chi connectivity index (χ0v) is 14.2. The molecule has 0 saturated carbocycles. The lowest BCUT2D eigenvalue weighted by Crippen LogP contribution is -2.28. The summed E-state index contributed by atoms with van der Waals surface area (Å²) in [5, 5.41) is 2.63. The van der Waals surface area contributed by atoms with Crippen LogP contribution in [0.3, 0.4) is 0 Å². The first kappa shape index (κ1) is 18.4. The Hall–Kier alpha value is -2.99. The van der Waals surface area contributed by atoms with Gasteiger partial charge in [0.15, 0.2) is 11.5 Å². The van der Waals surface area contributed by atoms with Crippen LogP contribution in [0.5, 0.6) is 11.5 Å². The van der Waals surface area contributed by atoms with Crippen LogP contribution < -0.4 is 20.5 Å². The van der Waals surface area contributed by atoms with Crippen LogP contribution in [0.25, 0.3) is 6.08 Å². The highest BCUT2D eigenvalue weighted by Crippen LogP contribution is 2.36. The van der Waals surface area contributed by atoms with Crippen molar-refractivity contribution in [1.82, 2.24) is 5.32 Å². The SMILES string of the molecule is COc1cc(CNC(N)=O)cc(Cl)c1OC(=O)C=Cc1ccccc1. The van der Waals surface area contributed by atoms with E-state index in [9.17, 15) is 9.59 Å². The van der Waals surface area contributed by atoms with Gasteiger partial charge in [-0.2, -0.15) is 0 Å². The topological polar surface area (TPSA) is 90.7 Å². The Labute approximate surface area is 150 Å². The fraction of sp³-hybridized carbons (Fsp3) is 0.111. The zero-order chi connectivity index (χ0) is 18.2. The fourth-order valence-corrected chi connectivity index (χ4v) is 2.30. The Morgan fingerprint density at radius 1 is 1.24 bits per heavy atom. The number of urea groups is 1. The van der Waals surface area contributed by atoms with Gasteiger partial charge in [0.05, 0.1) is 12.1 Å². The molecule has 0 aliphatic carbocycles. The van der Waals surface area contributed by atoms with Crippen molar-refractivity contribution in [3.63, 3.8) is 0 Å². The van der Waals surface area contributed by atoms with Crippen molar-refractivity contribution in [2.75, 3.05) is 7.11 Å². The second-order valence-corrected chi connectivity index (χ2v) is 5.40. The predicted octanol–water partition coefficient (Wildman–Crippen LogP) is 3.14. The fourth-order valence-electron chi connectivity index (χ4n) is 2.03. The summed E-state index contributed by atoms with van der Waals surface area (Å²) in [7, 11) is 1.42. The summed E-state index contributed by atoms with van der Waals surface area (Å²) in [5.41, 5.74) is 6.55. The first-order valence-corrected chi connectivity index (χ1v) is 7.72. The number of primary amides is 1. The summed E-state index contributed by atoms with van der Waals surface area (Å²) < 4.78 is 10.5. The van der Waals surface area contributed by atoms with Crippen LogP contribution in [0, 0.1) is 0 Å². The predicted molar refractivity (Wildman–Crippen MR) is 95.5 cm³/mol. The van der Waals surface area contributed by atoms with Gasteiger partial charge in [-0.25, -0.2) is 9.59 Å². The molecule has 0 aromatic heterocycles. The molecule has 2 aromatic carbocycles. The molecule has 0 unspecified atom stereocenters. The molecule has 6 nitrogen and oxygen atoms in total. The number of ether oxygens (including phenoxy) is 2. The summed E-state index contributed by atoms with van der Waals surface area (Å²) in [6.45, 7) is 0.174. The number of nitrogens with two attached hydrogens (primary N) is 1. The highest BCUT2D eigenvalue weighted by atomic mass is 35.5. The number of methoxy groups -OCH3 is 1. The van der Waals surface area contributed by atoms with Gasteiger partial charge in [0.25, 0.3) is 0 Å². The van der Waals surface area contributed by atoms with Crippen molar-refractivity contribution in [3.8, 4) is 11.5 Å². The molecule has 2 amide bonds. The molecule has 0 heterocycles. The number of benzene rings is 2. The van der Waals surface area contributed by atoms with Crippen LogP contribution in [0.15, 0.2) is 48.5 Å². The van der Waals surface area contributed by atoms with Crippen molar-refractivity contribution >= 4 is 29.7 Å². The van der Waals surface area contributed by atoms with Crippen LogP contribution in [-0.4, -0.2) is 19.1 Å². The molecular weight excluding hydrogens is 344 g/mol. The van der Waals surface area contributed by atoms with E-state index in [-0.39, 0.29) is 23.1 Å². The lowest BCUT2D eigenvalue weighted by molar-refractivity contribution is -0.129. The largest absolute Gasteiger partial charge is 0.493 e. The van der Waals surface area contributed by atoms with Crippen molar-refractivity contribution < 1.29 is 19.1 Å². The lowest BCUT2D eigenvalue weighted by atomic mass is 10.2. The number of rotatable bonds is 6. The van der Waals surface area contributed by atoms with Gasteiger partial charge in [0, 0.05) is 12.6 Å². The molecule has 130 valence electrons. The number of amides is 2. The molecule has 7 heteroatoms. The van der Waals surface area contributed by atoms with Crippen LogP contribution in [-0.2, 0) is 11.3 Å². The van der Waals surface area contributed by atoms with Gasteiger partial charge < -0.3 is 20.5 Å². The van der Waals surface area contributed by atoms with E-state index < -0.39 is 12.0 Å². The molecule has 0 aliphatic heterocycles. The van der Waals surface area contributed by atoms with Crippen molar-refractivity contribution in [3.05, 3.63) is 64.7 Å². The highest BCUT2D eigenvalue weighted by Gasteiger charge is 2.15. The minimum atomic E-state index is -0.656. The summed E-state index contributed by atoms with van der Waals surface area (Å²) in [5.74, 6) is -0.211. The minimum Gasteiger partial charge on any atom is -0.493 e. The number of hydrogen-bond donors (Lipinski definition) is 2. The molecule has 0 atom stereocenters. The molecule has 0 saturated heterocycles. The van der Waals surface area contributed by atoms with Crippen LogP contribution in [0.2, 0.25) is 5.02 Å². The molecular formula is C18H17ClN2O4. The Bertz CT molecular complexity index is 791. The van der Waals surface area contributed by atoms with E-state index in [1.807, 2.05) is 30.3 Å². The number of hydrogen-bond acceptors (Lipinski definition) is 4. The zero-order valence-electron chi connectivity index (χ0n) is 13.5. The van der Waals surface area contributed by atoms with E-state index in [1.165, 1.54) is 13.2 Å². The molecule has 0 spiro atoms. The first-order chi connectivity index (χ1) is 12.0. The van der Waals surface area contributed by atoms with Gasteiger partial charge >= 0.3 is 12.0 Å². The summed E-state index contributed by atoms with van der Waals surface area (Å²) >= 11 is 6.16. The maximum Gasteiger partial charge on any atom is 0.336 e. The summed E-state index contributed by atoms with van der Waals surface area (Å²) in [6.07, 6.45) is 2.93. The Kier molecular flexibility index (Phi) is 6.42. The third kappa shape index (κ3) is 5.54. The molecule has 2 aromatic rings. The van der Waals surface area contributed by atoms with Gasteiger partial charge in [0.1, 0.15) is 0 Å². The second-order valence-electron chi connectivity index (χ2n) is 4.99. The van der Waals surface area contributed by atoms with Gasteiger partial charge in [-0.1, -0.05) is 41.9 Å². The van der Waals surface area contributed by atoms with Crippen LogP contribution in [0.1, 0.15) is 11.1 Å². The van der Waals surface area contributed by atoms with Gasteiger partial charge in [0.2, 0.25) is 0 Å². The molecule has 0 aliphatic rings. The number of esters is 1. The second kappa shape index (κ2) is 8.75. The van der Waals surface area contributed by atoms with E-state index >= 15 is 0 Å². The maximum atomic E-state index is 12.0. The smallest absolute Gasteiger partial charge is 0.336 e. The van der Waals surface area contributed by atoms with Crippen molar-refractivity contribution in [2.45, 2.75) is 6.54 Å². The van der Waals surface area contributed by atoms with E-state index in [0.717, 1.165) is 5.56 Å². The van der Waals surface area contributed by atoms with E-state index in [4.69, 9.17) is 26.8 Å². The van der Waals surface area contributed by atoms with E-state index in [2.05, 4.69) is 5.32 Å². The van der Waals surface area contributed by atoms with E-state index in [0.29, 0.717) is 5.56 Å². The van der Waals surface area contributed by atoms with Crippen LogP contribution >= 0.6 is 11.6 Å². The summed E-state index contributed by atoms with van der Waals surface area (Å²) in [4.78, 5) is 22.8. The molecule has 2 rings (SSSR count). The third-order valence-corrected chi connectivity index (χ3v) is 3.45. The maximum absolute atomic E-state index is 12.0. The Morgan fingerprint density at radius 3 is 2.60 bits per heavy atom. The number of nitrogens with one attached hydrogen (secondary N) is 1. The minimum absolute atomic E-state index is 0.106. The number of carbonyl (C=O) groups excluding carboxylic acids is 2. The van der Waals surface area contributed by atoms with Crippen molar-refractivity contribution in [2.24, 2.45) is 5.73 Å². The third-order valence-electron chi connectivity index (χ3n) is 3.17. The molecule has 3 N–H and O–H groups in total. The average Bonchev–Trinajstić information content (AvgIpc) is 2.60. The quantitative estimate of drug-likeness (QED) is 0.470. The normalized spacial score (nSPS) is 10.5. The number of halogens is 1. The first-order valence-electron chi connectivity index (χ1n) is 7.34. The lowest BCUT2D eigenvalue weighted by Gasteiger charge is -2.12.